The zero-order valence-electron chi connectivity index (χ0n) is 8.82. The van der Waals surface area contributed by atoms with Crippen molar-refractivity contribution in [3.63, 3.8) is 0 Å². The van der Waals surface area contributed by atoms with Crippen LogP contribution in [0.1, 0.15) is 30.9 Å². The summed E-state index contributed by atoms with van der Waals surface area (Å²) in [7, 11) is 0. The quantitative estimate of drug-likeness (QED) is 0.787. The molecule has 2 N–H and O–H groups in total. The Morgan fingerprint density at radius 2 is 2.00 bits per heavy atom. The van der Waals surface area contributed by atoms with Crippen LogP contribution in [0, 0.1) is 0 Å². The molecule has 1 aromatic carbocycles. The summed E-state index contributed by atoms with van der Waals surface area (Å²) in [5, 5.41) is 13.3. The molecule has 0 amide bonds. The maximum Gasteiger partial charge on any atom is 0.118 e. The van der Waals surface area contributed by atoms with Crippen molar-refractivity contribution in [2.75, 3.05) is 0 Å². The number of benzene rings is 1. The van der Waals surface area contributed by atoms with Gasteiger partial charge in [-0.2, -0.15) is 0 Å². The Morgan fingerprint density at radius 1 is 1.33 bits per heavy atom. The second kappa shape index (κ2) is 4.49. The number of hydrogen-bond donors (Lipinski definition) is 2. The standard InChI is InChI=1S/C13H17NO/c1-10(14-12-8-5-9-12)13(15)11-6-3-2-4-7-11/h2-4,6-7,12-15H,1,5,8-9H2. The monoisotopic (exact) mass is 203 g/mol. The topological polar surface area (TPSA) is 32.3 Å². The van der Waals surface area contributed by atoms with Crippen LogP contribution in [-0.2, 0) is 0 Å². The molecular weight excluding hydrogens is 186 g/mol. The van der Waals surface area contributed by atoms with Gasteiger partial charge in [0.1, 0.15) is 6.10 Å². The molecular formula is C13H17NO. The van der Waals surface area contributed by atoms with E-state index >= 15 is 0 Å². The second-order valence-corrected chi connectivity index (χ2v) is 4.11. The van der Waals surface area contributed by atoms with Gasteiger partial charge >= 0.3 is 0 Å². The summed E-state index contributed by atoms with van der Waals surface area (Å²) < 4.78 is 0. The third-order valence-electron chi connectivity index (χ3n) is 2.94. The zero-order valence-corrected chi connectivity index (χ0v) is 8.82. The Hall–Kier alpha value is -1.28. The van der Waals surface area contributed by atoms with Gasteiger partial charge in [0.2, 0.25) is 0 Å². The van der Waals surface area contributed by atoms with E-state index in [1.807, 2.05) is 30.3 Å². The lowest BCUT2D eigenvalue weighted by atomic mass is 9.92. The minimum absolute atomic E-state index is 0.524. The van der Waals surface area contributed by atoms with E-state index in [-0.39, 0.29) is 0 Å². The molecule has 0 heterocycles. The predicted molar refractivity (Wildman–Crippen MR) is 61.3 cm³/mol. The number of aliphatic hydroxyl groups is 1. The van der Waals surface area contributed by atoms with Gasteiger partial charge in [0.05, 0.1) is 0 Å². The number of hydrogen-bond acceptors (Lipinski definition) is 2. The third-order valence-corrected chi connectivity index (χ3v) is 2.94. The first-order valence-corrected chi connectivity index (χ1v) is 5.45. The van der Waals surface area contributed by atoms with Crippen LogP contribution in [0.15, 0.2) is 42.6 Å². The Kier molecular flexibility index (Phi) is 3.07. The zero-order chi connectivity index (χ0) is 10.7. The molecule has 1 aromatic rings. The van der Waals surface area contributed by atoms with Crippen molar-refractivity contribution in [2.24, 2.45) is 0 Å². The summed E-state index contributed by atoms with van der Waals surface area (Å²) in [6.07, 6.45) is 3.08. The van der Waals surface area contributed by atoms with Crippen LogP contribution in [-0.4, -0.2) is 11.1 Å². The van der Waals surface area contributed by atoms with Gasteiger partial charge in [-0.1, -0.05) is 36.9 Å². The van der Waals surface area contributed by atoms with E-state index in [0.717, 1.165) is 5.56 Å². The van der Waals surface area contributed by atoms with Crippen LogP contribution >= 0.6 is 0 Å². The smallest absolute Gasteiger partial charge is 0.118 e. The summed E-state index contributed by atoms with van der Waals surface area (Å²) in [6, 6.07) is 10.1. The van der Waals surface area contributed by atoms with Gasteiger partial charge in [-0.3, -0.25) is 0 Å². The van der Waals surface area contributed by atoms with E-state index in [1.54, 1.807) is 0 Å². The van der Waals surface area contributed by atoms with Gasteiger partial charge in [-0.05, 0) is 24.8 Å². The molecule has 1 aliphatic carbocycles. The fourth-order valence-corrected chi connectivity index (χ4v) is 1.73. The Labute approximate surface area is 90.6 Å². The Balaban J connectivity index is 1.94. The van der Waals surface area contributed by atoms with E-state index in [4.69, 9.17) is 0 Å². The molecule has 2 rings (SSSR count). The molecule has 0 radical (unpaired) electrons. The van der Waals surface area contributed by atoms with Gasteiger partial charge in [0.15, 0.2) is 0 Å². The largest absolute Gasteiger partial charge is 0.384 e. The maximum absolute atomic E-state index is 10.00. The van der Waals surface area contributed by atoms with E-state index in [1.165, 1.54) is 19.3 Å². The minimum Gasteiger partial charge on any atom is -0.384 e. The molecule has 1 unspecified atom stereocenters. The molecule has 1 atom stereocenters. The highest BCUT2D eigenvalue weighted by atomic mass is 16.3. The van der Waals surface area contributed by atoms with Crippen molar-refractivity contribution < 1.29 is 5.11 Å². The van der Waals surface area contributed by atoms with Crippen LogP contribution in [0.4, 0.5) is 0 Å². The SMILES string of the molecule is C=C(NC1CCC1)C(O)c1ccccc1. The highest BCUT2D eigenvalue weighted by molar-refractivity contribution is 5.24. The lowest BCUT2D eigenvalue weighted by Gasteiger charge is -2.30. The Morgan fingerprint density at radius 3 is 2.53 bits per heavy atom. The van der Waals surface area contributed by atoms with Crippen LogP contribution < -0.4 is 5.32 Å². The maximum atomic E-state index is 10.00. The number of rotatable bonds is 4. The molecule has 15 heavy (non-hydrogen) atoms. The number of aliphatic hydroxyl groups excluding tert-OH is 1. The fourth-order valence-electron chi connectivity index (χ4n) is 1.73. The summed E-state index contributed by atoms with van der Waals surface area (Å²) in [5.74, 6) is 0. The summed E-state index contributed by atoms with van der Waals surface area (Å²) in [6.45, 7) is 3.89. The van der Waals surface area contributed by atoms with Crippen LogP contribution in [0.5, 0.6) is 0 Å². The molecule has 0 bridgehead atoms. The summed E-state index contributed by atoms with van der Waals surface area (Å²) in [5.41, 5.74) is 1.61. The highest BCUT2D eigenvalue weighted by Crippen LogP contribution is 2.23. The van der Waals surface area contributed by atoms with Gasteiger partial charge in [-0.15, -0.1) is 0 Å². The van der Waals surface area contributed by atoms with E-state index in [2.05, 4.69) is 11.9 Å². The molecule has 0 aromatic heterocycles. The average molecular weight is 203 g/mol. The second-order valence-electron chi connectivity index (χ2n) is 4.11. The lowest BCUT2D eigenvalue weighted by molar-refractivity contribution is 0.197. The van der Waals surface area contributed by atoms with Crippen molar-refractivity contribution in [1.29, 1.82) is 0 Å². The Bertz CT molecular complexity index is 330. The van der Waals surface area contributed by atoms with E-state index in [9.17, 15) is 5.11 Å². The first-order valence-electron chi connectivity index (χ1n) is 5.45. The van der Waals surface area contributed by atoms with Gasteiger partial charge < -0.3 is 10.4 Å². The minimum atomic E-state index is -0.591. The van der Waals surface area contributed by atoms with Crippen molar-refractivity contribution in [2.45, 2.75) is 31.4 Å². The van der Waals surface area contributed by atoms with Gasteiger partial charge in [-0.25, -0.2) is 0 Å². The third kappa shape index (κ3) is 2.39. The predicted octanol–water partition coefficient (Wildman–Crippen LogP) is 2.38. The molecule has 1 saturated carbocycles. The van der Waals surface area contributed by atoms with Crippen molar-refractivity contribution in [3.05, 3.63) is 48.2 Å². The number of nitrogens with one attached hydrogen (secondary N) is 1. The average Bonchev–Trinajstić information content (AvgIpc) is 2.23. The van der Waals surface area contributed by atoms with Crippen molar-refractivity contribution in [3.8, 4) is 0 Å². The highest BCUT2D eigenvalue weighted by Gasteiger charge is 2.20. The first kappa shape index (κ1) is 10.2. The normalized spacial score (nSPS) is 17.9. The van der Waals surface area contributed by atoms with Crippen molar-refractivity contribution in [1.82, 2.24) is 5.32 Å². The van der Waals surface area contributed by atoms with Crippen LogP contribution in [0.3, 0.4) is 0 Å². The van der Waals surface area contributed by atoms with E-state index in [0.29, 0.717) is 11.7 Å². The first-order chi connectivity index (χ1) is 7.27. The molecule has 0 spiro atoms. The lowest BCUT2D eigenvalue weighted by Crippen LogP contribution is -2.35. The molecule has 0 saturated heterocycles. The molecule has 1 aliphatic rings. The van der Waals surface area contributed by atoms with E-state index < -0.39 is 6.10 Å². The summed E-state index contributed by atoms with van der Waals surface area (Å²) in [4.78, 5) is 0. The molecule has 2 heteroatoms. The van der Waals surface area contributed by atoms with Gasteiger partial charge in [0.25, 0.3) is 0 Å². The molecule has 80 valence electrons. The molecule has 1 fully saturated rings. The fraction of sp³-hybridized carbons (Fsp3) is 0.385. The van der Waals surface area contributed by atoms with Crippen molar-refractivity contribution >= 4 is 0 Å². The molecule has 0 aliphatic heterocycles. The molecule has 2 nitrogen and oxygen atoms in total. The van der Waals surface area contributed by atoms with Crippen LogP contribution in [0.2, 0.25) is 0 Å². The van der Waals surface area contributed by atoms with Crippen LogP contribution in [0.25, 0.3) is 0 Å². The summed E-state index contributed by atoms with van der Waals surface area (Å²) >= 11 is 0. The van der Waals surface area contributed by atoms with Gasteiger partial charge in [0, 0.05) is 11.7 Å².